The molecule has 7 nitrogen and oxygen atoms in total. The van der Waals surface area contributed by atoms with Crippen molar-refractivity contribution < 1.29 is 18.0 Å². The van der Waals surface area contributed by atoms with Crippen LogP contribution in [0.3, 0.4) is 0 Å². The first-order valence-corrected chi connectivity index (χ1v) is 14.0. The summed E-state index contributed by atoms with van der Waals surface area (Å²) in [5.74, 6) is -0.817. The van der Waals surface area contributed by atoms with E-state index in [0.717, 1.165) is 22.7 Å². The molecule has 3 rings (SSSR count). The van der Waals surface area contributed by atoms with Crippen LogP contribution in [0.1, 0.15) is 32.3 Å². The molecule has 196 valence electrons. The summed E-state index contributed by atoms with van der Waals surface area (Å²) in [4.78, 5) is 28.2. The van der Waals surface area contributed by atoms with Gasteiger partial charge in [0.05, 0.1) is 10.6 Å². The quantitative estimate of drug-likeness (QED) is 0.331. The first kappa shape index (κ1) is 28.2. The van der Waals surface area contributed by atoms with Gasteiger partial charge in [-0.2, -0.15) is 0 Å². The van der Waals surface area contributed by atoms with Gasteiger partial charge in [-0.15, -0.1) is 0 Å². The molecule has 1 atom stereocenters. The number of hydrogen-bond acceptors (Lipinski definition) is 4. The second kappa shape index (κ2) is 13.3. The van der Waals surface area contributed by atoms with Crippen LogP contribution in [0.4, 0.5) is 5.69 Å². The van der Waals surface area contributed by atoms with E-state index >= 15 is 0 Å². The third-order valence-corrected chi connectivity index (χ3v) is 7.92. The van der Waals surface area contributed by atoms with Crippen LogP contribution in [0, 0.1) is 0 Å². The minimum Gasteiger partial charge on any atom is -0.354 e. The second-order valence-electron chi connectivity index (χ2n) is 8.63. The highest BCUT2D eigenvalue weighted by Gasteiger charge is 2.32. The van der Waals surface area contributed by atoms with Crippen LogP contribution in [0.25, 0.3) is 0 Å². The monoisotopic (exact) mass is 541 g/mol. The lowest BCUT2D eigenvalue weighted by Gasteiger charge is -2.32. The van der Waals surface area contributed by atoms with Crippen LogP contribution in [0.2, 0.25) is 5.02 Å². The van der Waals surface area contributed by atoms with E-state index in [1.165, 1.54) is 17.0 Å². The molecule has 1 N–H and O–H groups in total. The molecule has 3 aromatic carbocycles. The number of hydrogen-bond donors (Lipinski definition) is 1. The average molecular weight is 542 g/mol. The fourth-order valence-electron chi connectivity index (χ4n) is 3.79. The van der Waals surface area contributed by atoms with Crippen LogP contribution in [-0.2, 0) is 26.2 Å². The van der Waals surface area contributed by atoms with E-state index < -0.39 is 28.5 Å². The van der Waals surface area contributed by atoms with Crippen LogP contribution < -0.4 is 9.62 Å². The fourth-order valence-corrected chi connectivity index (χ4v) is 5.44. The number of halogens is 1. The van der Waals surface area contributed by atoms with Crippen LogP contribution in [0.15, 0.2) is 89.8 Å². The number of benzene rings is 3. The number of amides is 2. The van der Waals surface area contributed by atoms with Crippen LogP contribution in [0.5, 0.6) is 0 Å². The van der Waals surface area contributed by atoms with Crippen LogP contribution >= 0.6 is 11.6 Å². The van der Waals surface area contributed by atoms with Crippen molar-refractivity contribution in [2.75, 3.05) is 17.4 Å². The predicted molar refractivity (Wildman–Crippen MR) is 147 cm³/mol. The lowest BCUT2D eigenvalue weighted by Crippen LogP contribution is -2.51. The van der Waals surface area contributed by atoms with Gasteiger partial charge in [-0.3, -0.25) is 13.9 Å². The summed E-state index contributed by atoms with van der Waals surface area (Å²) < 4.78 is 28.3. The molecule has 0 bridgehead atoms. The molecule has 0 radical (unpaired) electrons. The van der Waals surface area contributed by atoms with Gasteiger partial charge in [0.15, 0.2) is 0 Å². The normalized spacial score (nSPS) is 12.0. The molecule has 0 spiro atoms. The van der Waals surface area contributed by atoms with E-state index in [1.54, 1.807) is 73.7 Å². The summed E-state index contributed by atoms with van der Waals surface area (Å²) in [5, 5.41) is 3.37. The molecular formula is C28H32ClN3O4S. The number of sulfonamides is 1. The third kappa shape index (κ3) is 7.57. The van der Waals surface area contributed by atoms with Gasteiger partial charge in [0.2, 0.25) is 11.8 Å². The van der Waals surface area contributed by atoms with Gasteiger partial charge in [-0.1, -0.05) is 73.5 Å². The number of anilines is 1. The Morgan fingerprint density at radius 1 is 0.946 bits per heavy atom. The summed E-state index contributed by atoms with van der Waals surface area (Å²) in [5.41, 5.74) is 1.08. The van der Waals surface area contributed by atoms with Gasteiger partial charge in [-0.05, 0) is 55.3 Å². The molecule has 0 saturated heterocycles. The second-order valence-corrected chi connectivity index (χ2v) is 10.9. The molecule has 3 aromatic rings. The van der Waals surface area contributed by atoms with Crippen molar-refractivity contribution in [3.8, 4) is 0 Å². The number of carbonyl (C=O) groups excluding carboxylic acids is 2. The zero-order valence-corrected chi connectivity index (χ0v) is 22.6. The average Bonchev–Trinajstić information content (AvgIpc) is 2.91. The van der Waals surface area contributed by atoms with E-state index in [0.29, 0.717) is 17.3 Å². The Kier molecular flexibility index (Phi) is 10.1. The number of unbranched alkanes of at least 4 members (excludes halogenated alkanes) is 1. The number of nitrogens with one attached hydrogen (secondary N) is 1. The maximum atomic E-state index is 13.8. The van der Waals surface area contributed by atoms with Gasteiger partial charge in [0.25, 0.3) is 10.0 Å². The van der Waals surface area contributed by atoms with Crippen molar-refractivity contribution in [1.29, 1.82) is 0 Å². The summed E-state index contributed by atoms with van der Waals surface area (Å²) >= 11 is 6.16. The minimum atomic E-state index is -4.06. The Morgan fingerprint density at radius 3 is 2.22 bits per heavy atom. The van der Waals surface area contributed by atoms with Gasteiger partial charge < -0.3 is 10.2 Å². The van der Waals surface area contributed by atoms with Gasteiger partial charge in [0, 0.05) is 18.1 Å². The lowest BCUT2D eigenvalue weighted by atomic mass is 10.1. The minimum absolute atomic E-state index is 0.0680. The van der Waals surface area contributed by atoms with Crippen molar-refractivity contribution in [3.63, 3.8) is 0 Å². The van der Waals surface area contributed by atoms with E-state index in [4.69, 9.17) is 11.6 Å². The molecule has 0 aliphatic rings. The van der Waals surface area contributed by atoms with E-state index in [1.807, 2.05) is 13.0 Å². The summed E-state index contributed by atoms with van der Waals surface area (Å²) in [6, 6.07) is 22.6. The molecule has 0 aromatic heterocycles. The Balaban J connectivity index is 1.96. The number of nitrogens with zero attached hydrogens (tertiary/aromatic N) is 2. The van der Waals surface area contributed by atoms with E-state index in [2.05, 4.69) is 5.32 Å². The number of para-hydroxylation sites is 1. The van der Waals surface area contributed by atoms with Gasteiger partial charge in [-0.25, -0.2) is 8.42 Å². The van der Waals surface area contributed by atoms with Gasteiger partial charge in [0.1, 0.15) is 12.6 Å². The van der Waals surface area contributed by atoms with E-state index in [9.17, 15) is 18.0 Å². The van der Waals surface area contributed by atoms with Crippen molar-refractivity contribution in [2.45, 2.75) is 44.2 Å². The van der Waals surface area contributed by atoms with Crippen LogP contribution in [-0.4, -0.2) is 44.3 Å². The highest BCUT2D eigenvalue weighted by molar-refractivity contribution is 7.92. The lowest BCUT2D eigenvalue weighted by molar-refractivity contribution is -0.139. The standard InChI is InChI=1S/C28H32ClN3O4S/c1-3-4-18-30-28(34)22(2)31(20-23-12-11-13-24(29)19-23)27(33)21-32(25-14-7-5-8-15-25)37(35,36)26-16-9-6-10-17-26/h5-17,19,22H,3-4,18,20-21H2,1-2H3,(H,30,34)/t22-/m1/s1. The first-order valence-electron chi connectivity index (χ1n) is 12.2. The molecule has 2 amide bonds. The fraction of sp³-hybridized carbons (Fsp3) is 0.286. The number of carbonyl (C=O) groups is 2. The van der Waals surface area contributed by atoms with Crippen molar-refractivity contribution in [3.05, 3.63) is 95.5 Å². The molecule has 0 unspecified atom stereocenters. The highest BCUT2D eigenvalue weighted by atomic mass is 35.5. The molecule has 0 aliphatic carbocycles. The smallest absolute Gasteiger partial charge is 0.264 e. The summed E-state index contributed by atoms with van der Waals surface area (Å²) in [6.07, 6.45) is 1.74. The molecular weight excluding hydrogens is 510 g/mol. The Morgan fingerprint density at radius 2 is 1.59 bits per heavy atom. The maximum Gasteiger partial charge on any atom is 0.264 e. The molecule has 9 heteroatoms. The Bertz CT molecular complexity index is 1290. The van der Waals surface area contributed by atoms with Crippen molar-refractivity contribution in [1.82, 2.24) is 10.2 Å². The molecule has 0 fully saturated rings. The van der Waals surface area contributed by atoms with E-state index in [-0.39, 0.29) is 17.3 Å². The highest BCUT2D eigenvalue weighted by Crippen LogP contribution is 2.24. The topological polar surface area (TPSA) is 86.8 Å². The predicted octanol–water partition coefficient (Wildman–Crippen LogP) is 4.87. The Labute approximate surface area is 224 Å². The third-order valence-electron chi connectivity index (χ3n) is 5.89. The zero-order chi connectivity index (χ0) is 26.8. The molecule has 37 heavy (non-hydrogen) atoms. The summed E-state index contributed by atoms with van der Waals surface area (Å²) in [7, 11) is -4.06. The molecule has 0 aliphatic heterocycles. The maximum absolute atomic E-state index is 13.8. The van der Waals surface area contributed by atoms with Gasteiger partial charge >= 0.3 is 0 Å². The first-order chi connectivity index (χ1) is 17.7. The molecule has 0 heterocycles. The zero-order valence-electron chi connectivity index (χ0n) is 21.0. The SMILES string of the molecule is CCCCNC(=O)[C@@H](C)N(Cc1cccc(Cl)c1)C(=O)CN(c1ccccc1)S(=O)(=O)c1ccccc1. The van der Waals surface area contributed by atoms with Crippen molar-refractivity contribution >= 4 is 39.1 Å². The number of rotatable bonds is 12. The largest absolute Gasteiger partial charge is 0.354 e. The summed E-state index contributed by atoms with van der Waals surface area (Å²) in [6.45, 7) is 3.78. The Hall–Kier alpha value is -3.36. The van der Waals surface area contributed by atoms with Crippen molar-refractivity contribution in [2.24, 2.45) is 0 Å². The molecule has 0 saturated carbocycles.